The standard InChI is InChI=1S/C14H17NO.2C2H6/c1-3-4-10-13-11(2)16-14(15-13)12-8-6-5-7-9-12;2*1-2/h5-9H,3-4,10H2,1-2H3;2*1-2H3. The zero-order valence-electron chi connectivity index (χ0n) is 13.9. The molecule has 0 fully saturated rings. The Morgan fingerprint density at radius 2 is 1.60 bits per heavy atom. The second-order valence-corrected chi connectivity index (χ2v) is 3.99. The van der Waals surface area contributed by atoms with E-state index < -0.39 is 0 Å². The van der Waals surface area contributed by atoms with Crippen LogP contribution >= 0.6 is 0 Å². The van der Waals surface area contributed by atoms with E-state index in [1.807, 2.05) is 65.0 Å². The van der Waals surface area contributed by atoms with Gasteiger partial charge in [0, 0.05) is 5.56 Å². The minimum Gasteiger partial charge on any atom is -0.441 e. The van der Waals surface area contributed by atoms with E-state index in [4.69, 9.17) is 4.42 Å². The van der Waals surface area contributed by atoms with E-state index >= 15 is 0 Å². The van der Waals surface area contributed by atoms with Crippen molar-refractivity contribution >= 4 is 0 Å². The monoisotopic (exact) mass is 275 g/mol. The fourth-order valence-corrected chi connectivity index (χ4v) is 1.71. The van der Waals surface area contributed by atoms with Gasteiger partial charge in [0.25, 0.3) is 0 Å². The molecule has 1 aromatic heterocycles. The van der Waals surface area contributed by atoms with Crippen LogP contribution in [0.15, 0.2) is 34.7 Å². The van der Waals surface area contributed by atoms with E-state index in [0.717, 1.165) is 29.3 Å². The molecule has 1 heterocycles. The fourth-order valence-electron chi connectivity index (χ4n) is 1.71. The van der Waals surface area contributed by atoms with Crippen molar-refractivity contribution in [2.24, 2.45) is 0 Å². The summed E-state index contributed by atoms with van der Waals surface area (Å²) < 4.78 is 5.69. The highest BCUT2D eigenvalue weighted by Gasteiger charge is 2.10. The van der Waals surface area contributed by atoms with Crippen molar-refractivity contribution in [2.45, 2.75) is 60.8 Å². The highest BCUT2D eigenvalue weighted by atomic mass is 16.4. The van der Waals surface area contributed by atoms with Crippen molar-refractivity contribution in [3.8, 4) is 11.5 Å². The number of benzene rings is 1. The Labute approximate surface area is 124 Å². The molecule has 0 aliphatic heterocycles. The van der Waals surface area contributed by atoms with Gasteiger partial charge >= 0.3 is 0 Å². The lowest BCUT2D eigenvalue weighted by molar-refractivity contribution is 0.538. The predicted octanol–water partition coefficient (Wildman–Crippen LogP) is 6.05. The number of nitrogens with zero attached hydrogens (tertiary/aromatic N) is 1. The molecule has 0 aliphatic carbocycles. The molecule has 20 heavy (non-hydrogen) atoms. The molecule has 0 saturated carbocycles. The van der Waals surface area contributed by atoms with E-state index in [-0.39, 0.29) is 0 Å². The van der Waals surface area contributed by atoms with Crippen LogP contribution in [0.3, 0.4) is 0 Å². The lowest BCUT2D eigenvalue weighted by atomic mass is 10.2. The first-order valence-corrected chi connectivity index (χ1v) is 7.83. The lowest BCUT2D eigenvalue weighted by Gasteiger charge is -1.93. The maximum absolute atomic E-state index is 5.69. The summed E-state index contributed by atoms with van der Waals surface area (Å²) in [5, 5.41) is 0. The molecule has 2 nitrogen and oxygen atoms in total. The molecule has 0 atom stereocenters. The minimum atomic E-state index is 0.740. The molecule has 0 bridgehead atoms. The average molecular weight is 275 g/mol. The number of rotatable bonds is 4. The number of hydrogen-bond acceptors (Lipinski definition) is 2. The van der Waals surface area contributed by atoms with Gasteiger partial charge in [0.15, 0.2) is 0 Å². The van der Waals surface area contributed by atoms with E-state index in [1.165, 1.54) is 12.8 Å². The van der Waals surface area contributed by atoms with Crippen LogP contribution in [0.4, 0.5) is 0 Å². The Hall–Kier alpha value is -1.57. The van der Waals surface area contributed by atoms with Crippen LogP contribution in [0.5, 0.6) is 0 Å². The first-order chi connectivity index (χ1) is 9.81. The molecule has 0 saturated heterocycles. The smallest absolute Gasteiger partial charge is 0.226 e. The first-order valence-electron chi connectivity index (χ1n) is 7.83. The highest BCUT2D eigenvalue weighted by molar-refractivity contribution is 5.53. The summed E-state index contributed by atoms with van der Waals surface area (Å²) >= 11 is 0. The van der Waals surface area contributed by atoms with Gasteiger partial charge in [-0.2, -0.15) is 0 Å². The SMILES string of the molecule is CC.CC.CCCCc1nc(-c2ccccc2)oc1C. The summed E-state index contributed by atoms with van der Waals surface area (Å²) in [4.78, 5) is 4.55. The van der Waals surface area contributed by atoms with Gasteiger partial charge in [-0.1, -0.05) is 59.2 Å². The molecular weight excluding hydrogens is 246 g/mol. The molecule has 0 N–H and O–H groups in total. The molecule has 0 aliphatic rings. The predicted molar refractivity (Wildman–Crippen MR) is 88.0 cm³/mol. The van der Waals surface area contributed by atoms with Crippen LogP contribution in [0, 0.1) is 6.92 Å². The van der Waals surface area contributed by atoms with Gasteiger partial charge in [0.05, 0.1) is 5.69 Å². The average Bonchev–Trinajstić information content (AvgIpc) is 2.91. The maximum atomic E-state index is 5.69. The molecule has 0 radical (unpaired) electrons. The van der Waals surface area contributed by atoms with Crippen LogP contribution in [0.1, 0.15) is 58.9 Å². The quantitative estimate of drug-likeness (QED) is 0.679. The highest BCUT2D eigenvalue weighted by Crippen LogP contribution is 2.22. The molecule has 2 heteroatoms. The van der Waals surface area contributed by atoms with E-state index in [9.17, 15) is 0 Å². The second kappa shape index (κ2) is 11.3. The van der Waals surface area contributed by atoms with Gasteiger partial charge in [-0.15, -0.1) is 0 Å². The largest absolute Gasteiger partial charge is 0.441 e. The summed E-state index contributed by atoms with van der Waals surface area (Å²) in [7, 11) is 0. The van der Waals surface area contributed by atoms with E-state index in [2.05, 4.69) is 11.9 Å². The molecule has 1 aromatic carbocycles. The summed E-state index contributed by atoms with van der Waals surface area (Å²) in [5.41, 5.74) is 2.15. The van der Waals surface area contributed by atoms with Crippen LogP contribution < -0.4 is 0 Å². The molecule has 2 aromatic rings. The molecular formula is C18H29NO. The Kier molecular flexibility index (Phi) is 10.4. The van der Waals surface area contributed by atoms with Crippen molar-refractivity contribution in [2.75, 3.05) is 0 Å². The van der Waals surface area contributed by atoms with Crippen molar-refractivity contribution in [1.29, 1.82) is 0 Å². The molecule has 0 spiro atoms. The third-order valence-corrected chi connectivity index (χ3v) is 2.68. The van der Waals surface area contributed by atoms with Gasteiger partial charge < -0.3 is 4.42 Å². The Morgan fingerprint density at radius 1 is 1.00 bits per heavy atom. The number of aryl methyl sites for hydroxylation is 2. The first kappa shape index (κ1) is 18.4. The molecule has 0 unspecified atom stereocenters. The van der Waals surface area contributed by atoms with Gasteiger partial charge in [-0.25, -0.2) is 4.98 Å². The van der Waals surface area contributed by atoms with Gasteiger partial charge in [-0.05, 0) is 31.9 Å². The van der Waals surface area contributed by atoms with Crippen molar-refractivity contribution in [1.82, 2.24) is 4.98 Å². The maximum Gasteiger partial charge on any atom is 0.226 e. The number of hydrogen-bond donors (Lipinski definition) is 0. The third-order valence-electron chi connectivity index (χ3n) is 2.68. The topological polar surface area (TPSA) is 26.0 Å². The lowest BCUT2D eigenvalue weighted by Crippen LogP contribution is -1.87. The van der Waals surface area contributed by atoms with Crippen molar-refractivity contribution < 1.29 is 4.42 Å². The van der Waals surface area contributed by atoms with E-state index in [1.54, 1.807) is 0 Å². The van der Waals surface area contributed by atoms with Gasteiger partial charge in [0.2, 0.25) is 5.89 Å². The number of oxazole rings is 1. The zero-order chi connectivity index (χ0) is 15.4. The van der Waals surface area contributed by atoms with Crippen molar-refractivity contribution in [3.63, 3.8) is 0 Å². The Morgan fingerprint density at radius 3 is 2.15 bits per heavy atom. The minimum absolute atomic E-state index is 0.740. The van der Waals surface area contributed by atoms with Crippen LogP contribution in [-0.4, -0.2) is 4.98 Å². The Bertz CT molecular complexity index is 446. The Balaban J connectivity index is 0.000000829. The summed E-state index contributed by atoms with van der Waals surface area (Å²) in [5.74, 6) is 1.69. The zero-order valence-corrected chi connectivity index (χ0v) is 13.9. The summed E-state index contributed by atoms with van der Waals surface area (Å²) in [6, 6.07) is 10.0. The fraction of sp³-hybridized carbons (Fsp3) is 0.500. The van der Waals surface area contributed by atoms with Gasteiger partial charge in [0.1, 0.15) is 5.76 Å². The summed E-state index contributed by atoms with van der Waals surface area (Å²) in [6.07, 6.45) is 3.37. The molecule has 2 rings (SSSR count). The normalized spacial score (nSPS) is 9.10. The third kappa shape index (κ3) is 5.60. The van der Waals surface area contributed by atoms with E-state index in [0.29, 0.717) is 0 Å². The molecule has 112 valence electrons. The second-order valence-electron chi connectivity index (χ2n) is 3.99. The summed E-state index contributed by atoms with van der Waals surface area (Å²) in [6.45, 7) is 12.2. The van der Waals surface area contributed by atoms with Crippen LogP contribution in [0.25, 0.3) is 11.5 Å². The van der Waals surface area contributed by atoms with Crippen LogP contribution in [0.2, 0.25) is 0 Å². The van der Waals surface area contributed by atoms with Gasteiger partial charge in [-0.3, -0.25) is 0 Å². The number of aromatic nitrogens is 1. The molecule has 0 amide bonds. The number of unbranched alkanes of at least 4 members (excludes halogenated alkanes) is 1. The van der Waals surface area contributed by atoms with Crippen LogP contribution in [-0.2, 0) is 6.42 Å². The van der Waals surface area contributed by atoms with Crippen molar-refractivity contribution in [3.05, 3.63) is 41.8 Å².